The van der Waals surface area contributed by atoms with Crippen molar-refractivity contribution in [3.63, 3.8) is 0 Å². The van der Waals surface area contributed by atoms with Crippen molar-refractivity contribution < 1.29 is 8.42 Å². The smallest absolute Gasteiger partial charge is 0.206 e. The predicted octanol–water partition coefficient (Wildman–Crippen LogP) is 3.62. The van der Waals surface area contributed by atoms with Gasteiger partial charge in [-0.25, -0.2) is 8.42 Å². The van der Waals surface area contributed by atoms with Gasteiger partial charge in [-0.15, -0.1) is 11.3 Å². The third kappa shape index (κ3) is 2.78. The zero-order valence-corrected chi connectivity index (χ0v) is 13.8. The second kappa shape index (κ2) is 5.55. The molecule has 2 heterocycles. The quantitative estimate of drug-likeness (QED) is 0.866. The number of hydrogen-bond acceptors (Lipinski definition) is 3. The molecule has 0 spiro atoms. The molecule has 1 aromatic carbocycles. The van der Waals surface area contributed by atoms with E-state index in [1.54, 1.807) is 10.4 Å². The van der Waals surface area contributed by atoms with Gasteiger partial charge in [-0.1, -0.05) is 30.3 Å². The lowest BCUT2D eigenvalue weighted by Gasteiger charge is -2.19. The Hall–Kier alpha value is -1.17. The van der Waals surface area contributed by atoms with Crippen LogP contribution in [0, 0.1) is 6.92 Å². The summed E-state index contributed by atoms with van der Waals surface area (Å²) >= 11 is 1.35. The zero-order valence-electron chi connectivity index (χ0n) is 12.2. The summed E-state index contributed by atoms with van der Waals surface area (Å²) in [6.07, 6.45) is 0.883. The van der Waals surface area contributed by atoms with Crippen molar-refractivity contribution in [3.05, 3.63) is 52.9 Å². The molecular formula is C16H19NO2S2. The molecule has 1 aliphatic rings. The van der Waals surface area contributed by atoms with Crippen LogP contribution in [0.2, 0.25) is 0 Å². The molecule has 1 aromatic heterocycles. The van der Waals surface area contributed by atoms with Gasteiger partial charge >= 0.3 is 0 Å². The van der Waals surface area contributed by atoms with E-state index >= 15 is 0 Å². The summed E-state index contributed by atoms with van der Waals surface area (Å²) in [4.78, 5) is 1.03. The summed E-state index contributed by atoms with van der Waals surface area (Å²) in [5, 5.41) is 0. The van der Waals surface area contributed by atoms with E-state index in [-0.39, 0.29) is 12.0 Å². The molecule has 2 aromatic rings. The molecule has 112 valence electrons. The van der Waals surface area contributed by atoms with Gasteiger partial charge in [-0.3, -0.25) is 0 Å². The maximum absolute atomic E-state index is 12.8. The number of nitrogens with zero attached hydrogens (tertiary/aromatic N) is 1. The summed E-state index contributed by atoms with van der Waals surface area (Å²) in [6.45, 7) is 4.51. The standard InChI is InChI=1S/C16H19NO2S2/c1-12-10-15(14-6-4-3-5-7-14)11-17(12)21(18,19)16-9-8-13(2)20-16/h3-9,12,15H,10-11H2,1-2H3. The highest BCUT2D eigenvalue weighted by molar-refractivity contribution is 7.91. The molecule has 0 saturated carbocycles. The lowest BCUT2D eigenvalue weighted by molar-refractivity contribution is 0.408. The predicted molar refractivity (Wildman–Crippen MR) is 86.2 cm³/mol. The average Bonchev–Trinajstić information content (AvgIpc) is 3.07. The van der Waals surface area contributed by atoms with Crippen LogP contribution in [0.3, 0.4) is 0 Å². The van der Waals surface area contributed by atoms with Crippen LogP contribution in [-0.4, -0.2) is 25.3 Å². The fraction of sp³-hybridized carbons (Fsp3) is 0.375. The fourth-order valence-corrected chi connectivity index (χ4v) is 6.07. The molecule has 0 N–H and O–H groups in total. The number of sulfonamides is 1. The molecule has 1 saturated heterocycles. The van der Waals surface area contributed by atoms with Crippen LogP contribution < -0.4 is 0 Å². The summed E-state index contributed by atoms with van der Waals surface area (Å²) in [5.41, 5.74) is 1.23. The Morgan fingerprint density at radius 2 is 1.86 bits per heavy atom. The van der Waals surface area contributed by atoms with E-state index in [1.807, 2.05) is 38.1 Å². The Bertz CT molecular complexity index is 722. The monoisotopic (exact) mass is 321 g/mol. The van der Waals surface area contributed by atoms with Crippen LogP contribution in [0.25, 0.3) is 0 Å². The third-order valence-corrected chi connectivity index (χ3v) is 7.52. The average molecular weight is 321 g/mol. The number of hydrogen-bond donors (Lipinski definition) is 0. The summed E-state index contributed by atoms with van der Waals surface area (Å²) in [7, 11) is -3.36. The van der Waals surface area contributed by atoms with E-state index in [2.05, 4.69) is 12.1 Å². The van der Waals surface area contributed by atoms with Crippen LogP contribution in [0.4, 0.5) is 0 Å². The first-order valence-electron chi connectivity index (χ1n) is 7.11. The highest BCUT2D eigenvalue weighted by atomic mass is 32.2. The second-order valence-corrected chi connectivity index (χ2v) is 9.04. The van der Waals surface area contributed by atoms with Crippen molar-refractivity contribution in [1.82, 2.24) is 4.31 Å². The van der Waals surface area contributed by atoms with E-state index in [4.69, 9.17) is 0 Å². The first-order chi connectivity index (χ1) is 9.98. The van der Waals surface area contributed by atoms with E-state index in [9.17, 15) is 8.42 Å². The van der Waals surface area contributed by atoms with Gasteiger partial charge in [-0.2, -0.15) is 4.31 Å². The van der Waals surface area contributed by atoms with Crippen molar-refractivity contribution in [2.24, 2.45) is 0 Å². The van der Waals surface area contributed by atoms with Gasteiger partial charge in [0.1, 0.15) is 4.21 Å². The fourth-order valence-electron chi connectivity index (χ4n) is 2.97. The zero-order chi connectivity index (χ0) is 15.0. The largest absolute Gasteiger partial charge is 0.252 e. The van der Waals surface area contributed by atoms with Crippen molar-refractivity contribution in [3.8, 4) is 0 Å². The molecule has 21 heavy (non-hydrogen) atoms. The van der Waals surface area contributed by atoms with E-state index in [0.29, 0.717) is 10.8 Å². The Labute approximate surface area is 130 Å². The van der Waals surface area contributed by atoms with Gasteiger partial charge in [0.05, 0.1) is 0 Å². The van der Waals surface area contributed by atoms with E-state index in [1.165, 1.54) is 16.9 Å². The van der Waals surface area contributed by atoms with Crippen molar-refractivity contribution in [2.45, 2.75) is 36.4 Å². The molecular weight excluding hydrogens is 302 g/mol. The molecule has 0 bridgehead atoms. The summed E-state index contributed by atoms with van der Waals surface area (Å²) in [6, 6.07) is 13.8. The molecule has 2 unspecified atom stereocenters. The molecule has 1 aliphatic heterocycles. The molecule has 1 fully saturated rings. The second-order valence-electron chi connectivity index (χ2n) is 5.63. The molecule has 0 amide bonds. The Kier molecular flexibility index (Phi) is 3.90. The lowest BCUT2D eigenvalue weighted by atomic mass is 9.97. The van der Waals surface area contributed by atoms with Crippen molar-refractivity contribution >= 4 is 21.4 Å². The van der Waals surface area contributed by atoms with Crippen LogP contribution in [0.5, 0.6) is 0 Å². The minimum absolute atomic E-state index is 0.0441. The van der Waals surface area contributed by atoms with Gasteiger partial charge < -0.3 is 0 Å². The van der Waals surface area contributed by atoms with Crippen molar-refractivity contribution in [2.75, 3.05) is 6.54 Å². The summed E-state index contributed by atoms with van der Waals surface area (Å²) in [5.74, 6) is 0.289. The van der Waals surface area contributed by atoms with Crippen LogP contribution in [-0.2, 0) is 10.0 Å². The van der Waals surface area contributed by atoms with Gasteiger partial charge in [0.25, 0.3) is 10.0 Å². The van der Waals surface area contributed by atoms with E-state index in [0.717, 1.165) is 11.3 Å². The minimum Gasteiger partial charge on any atom is -0.206 e. The van der Waals surface area contributed by atoms with Gasteiger partial charge in [0, 0.05) is 17.5 Å². The Morgan fingerprint density at radius 1 is 1.14 bits per heavy atom. The Morgan fingerprint density at radius 3 is 2.48 bits per heavy atom. The maximum atomic E-state index is 12.8. The number of benzene rings is 1. The number of thiophene rings is 1. The molecule has 0 aliphatic carbocycles. The SMILES string of the molecule is Cc1ccc(S(=O)(=O)N2CC(c3ccccc3)CC2C)s1. The maximum Gasteiger partial charge on any atom is 0.252 e. The normalized spacial score (nSPS) is 23.5. The number of rotatable bonds is 3. The van der Waals surface area contributed by atoms with Crippen molar-refractivity contribution in [1.29, 1.82) is 0 Å². The first-order valence-corrected chi connectivity index (χ1v) is 9.37. The molecule has 2 atom stereocenters. The third-order valence-electron chi connectivity index (χ3n) is 4.07. The first kappa shape index (κ1) is 14.8. The highest BCUT2D eigenvalue weighted by Gasteiger charge is 2.38. The molecule has 3 rings (SSSR count). The molecule has 0 radical (unpaired) electrons. The van der Waals surface area contributed by atoms with Gasteiger partial charge in [-0.05, 0) is 43.9 Å². The summed E-state index contributed by atoms with van der Waals surface area (Å²) < 4.78 is 27.7. The van der Waals surface area contributed by atoms with Crippen LogP contribution in [0.1, 0.15) is 29.7 Å². The van der Waals surface area contributed by atoms with Crippen LogP contribution in [0.15, 0.2) is 46.7 Å². The molecule has 3 nitrogen and oxygen atoms in total. The van der Waals surface area contributed by atoms with Gasteiger partial charge in [0.2, 0.25) is 0 Å². The lowest BCUT2D eigenvalue weighted by Crippen LogP contribution is -2.33. The number of aryl methyl sites for hydroxylation is 1. The van der Waals surface area contributed by atoms with Gasteiger partial charge in [0.15, 0.2) is 0 Å². The van der Waals surface area contributed by atoms with Crippen LogP contribution >= 0.6 is 11.3 Å². The molecule has 5 heteroatoms. The minimum atomic E-state index is -3.36. The van der Waals surface area contributed by atoms with E-state index < -0.39 is 10.0 Å². The highest BCUT2D eigenvalue weighted by Crippen LogP contribution is 2.36. The Balaban J connectivity index is 1.87. The topological polar surface area (TPSA) is 37.4 Å².